The van der Waals surface area contributed by atoms with E-state index in [0.717, 1.165) is 28.2 Å². The van der Waals surface area contributed by atoms with E-state index in [1.807, 2.05) is 67.6 Å². The highest BCUT2D eigenvalue weighted by Gasteiger charge is 2.14. The quantitative estimate of drug-likeness (QED) is 0.420. The lowest BCUT2D eigenvalue weighted by Gasteiger charge is -2.15. The predicted molar refractivity (Wildman–Crippen MR) is 119 cm³/mol. The second-order valence-corrected chi connectivity index (χ2v) is 7.34. The minimum absolute atomic E-state index is 0.0327. The molecule has 0 saturated carbocycles. The van der Waals surface area contributed by atoms with Gasteiger partial charge in [-0.2, -0.15) is 0 Å². The van der Waals surface area contributed by atoms with Crippen LogP contribution >= 0.6 is 0 Å². The van der Waals surface area contributed by atoms with Crippen molar-refractivity contribution in [3.8, 4) is 5.69 Å². The lowest BCUT2D eigenvalue weighted by molar-refractivity contribution is 0.852. The third-order valence-electron chi connectivity index (χ3n) is 5.37. The van der Waals surface area contributed by atoms with Gasteiger partial charge in [0.1, 0.15) is 5.82 Å². The molecule has 0 fully saturated rings. The summed E-state index contributed by atoms with van der Waals surface area (Å²) in [4.78, 5) is 18.3. The van der Waals surface area contributed by atoms with Crippen molar-refractivity contribution in [1.29, 1.82) is 0 Å². The molecule has 0 saturated heterocycles. The Hall–Kier alpha value is -3.72. The minimum atomic E-state index is -0.0327. The Morgan fingerprint density at radius 1 is 0.759 bits per heavy atom. The molecule has 3 nitrogen and oxygen atoms in total. The van der Waals surface area contributed by atoms with Crippen molar-refractivity contribution < 1.29 is 0 Å². The summed E-state index contributed by atoms with van der Waals surface area (Å²) in [6.45, 7) is 2.04. The Kier molecular flexibility index (Phi) is 4.21. The van der Waals surface area contributed by atoms with Crippen molar-refractivity contribution in [3.05, 3.63) is 118 Å². The van der Waals surface area contributed by atoms with Crippen molar-refractivity contribution in [2.45, 2.75) is 13.3 Å². The number of aryl methyl sites for hydroxylation is 1. The Morgan fingerprint density at radius 3 is 2.28 bits per heavy atom. The number of fused-ring (bicyclic) bond motifs is 2. The highest BCUT2D eigenvalue weighted by atomic mass is 16.1. The van der Waals surface area contributed by atoms with Crippen LogP contribution in [0.3, 0.4) is 0 Å². The van der Waals surface area contributed by atoms with E-state index in [9.17, 15) is 4.79 Å². The van der Waals surface area contributed by atoms with E-state index in [2.05, 4.69) is 30.3 Å². The second-order valence-electron chi connectivity index (χ2n) is 7.34. The van der Waals surface area contributed by atoms with Crippen LogP contribution in [-0.4, -0.2) is 9.55 Å². The van der Waals surface area contributed by atoms with Gasteiger partial charge in [-0.1, -0.05) is 72.3 Å². The summed E-state index contributed by atoms with van der Waals surface area (Å²) in [5.74, 6) is 0.744. The fraction of sp³-hybridized carbons (Fsp3) is 0.0769. The van der Waals surface area contributed by atoms with Crippen LogP contribution in [0.15, 0.2) is 95.8 Å². The third kappa shape index (κ3) is 3.11. The highest BCUT2D eigenvalue weighted by molar-refractivity contribution is 5.86. The summed E-state index contributed by atoms with van der Waals surface area (Å²) in [6, 6.07) is 30.2. The minimum Gasteiger partial charge on any atom is -0.268 e. The predicted octanol–water partition coefficient (Wildman–Crippen LogP) is 5.44. The van der Waals surface area contributed by atoms with E-state index < -0.39 is 0 Å². The van der Waals surface area contributed by atoms with Gasteiger partial charge in [0.25, 0.3) is 5.56 Å². The first kappa shape index (κ1) is 17.4. The first-order chi connectivity index (χ1) is 14.2. The summed E-state index contributed by atoms with van der Waals surface area (Å²) < 4.78 is 1.75. The van der Waals surface area contributed by atoms with Crippen LogP contribution in [0.25, 0.3) is 27.4 Å². The van der Waals surface area contributed by atoms with Gasteiger partial charge in [-0.3, -0.25) is 9.36 Å². The van der Waals surface area contributed by atoms with E-state index in [1.165, 1.54) is 10.8 Å². The Labute approximate surface area is 168 Å². The fourth-order valence-electron chi connectivity index (χ4n) is 3.87. The number of aromatic nitrogens is 2. The maximum Gasteiger partial charge on any atom is 0.265 e. The SMILES string of the molecule is Cc1ccc(-n2c(Cc3cccc4ccccc34)nc3ccccc3c2=O)cc1. The molecule has 0 spiro atoms. The van der Waals surface area contributed by atoms with E-state index in [1.54, 1.807) is 4.57 Å². The molecule has 0 aliphatic heterocycles. The Balaban J connectivity index is 1.77. The standard InChI is InChI=1S/C26H20N2O/c1-18-13-15-21(16-14-18)28-25(27-24-12-5-4-11-23(24)26(28)29)17-20-9-6-8-19-7-2-3-10-22(19)20/h2-16H,17H2,1H3. The number of hydrogen-bond donors (Lipinski definition) is 0. The van der Waals surface area contributed by atoms with Crippen LogP contribution in [0, 0.1) is 6.92 Å². The number of rotatable bonds is 3. The summed E-state index contributed by atoms with van der Waals surface area (Å²) in [7, 11) is 0. The zero-order valence-electron chi connectivity index (χ0n) is 16.2. The normalized spacial score (nSPS) is 11.2. The Bertz CT molecular complexity index is 1390. The maximum absolute atomic E-state index is 13.4. The molecule has 0 bridgehead atoms. The van der Waals surface area contributed by atoms with Crippen molar-refractivity contribution in [3.63, 3.8) is 0 Å². The summed E-state index contributed by atoms with van der Waals surface area (Å²) >= 11 is 0. The molecular formula is C26H20N2O. The first-order valence-corrected chi connectivity index (χ1v) is 9.75. The van der Waals surface area contributed by atoms with E-state index in [4.69, 9.17) is 4.98 Å². The number of nitrogens with zero attached hydrogens (tertiary/aromatic N) is 2. The van der Waals surface area contributed by atoms with Crippen LogP contribution < -0.4 is 5.56 Å². The molecular weight excluding hydrogens is 356 g/mol. The zero-order chi connectivity index (χ0) is 19.8. The molecule has 3 heteroatoms. The van der Waals surface area contributed by atoms with E-state index in [-0.39, 0.29) is 5.56 Å². The van der Waals surface area contributed by atoms with Crippen molar-refractivity contribution in [2.75, 3.05) is 0 Å². The van der Waals surface area contributed by atoms with Crippen LogP contribution in [-0.2, 0) is 6.42 Å². The van der Waals surface area contributed by atoms with Gasteiger partial charge in [-0.25, -0.2) is 4.98 Å². The van der Waals surface area contributed by atoms with Gasteiger partial charge in [0.15, 0.2) is 0 Å². The third-order valence-corrected chi connectivity index (χ3v) is 5.37. The molecule has 0 aliphatic rings. The maximum atomic E-state index is 13.4. The monoisotopic (exact) mass is 376 g/mol. The summed E-state index contributed by atoms with van der Waals surface area (Å²) in [5, 5.41) is 3.01. The topological polar surface area (TPSA) is 34.9 Å². The van der Waals surface area contributed by atoms with Crippen molar-refractivity contribution >= 4 is 21.7 Å². The molecule has 0 N–H and O–H groups in total. The average Bonchev–Trinajstić information content (AvgIpc) is 2.75. The lowest BCUT2D eigenvalue weighted by atomic mass is 10.0. The highest BCUT2D eigenvalue weighted by Crippen LogP contribution is 2.22. The van der Waals surface area contributed by atoms with Gasteiger partial charge in [-0.15, -0.1) is 0 Å². The Morgan fingerprint density at radius 2 is 1.45 bits per heavy atom. The largest absolute Gasteiger partial charge is 0.268 e. The van der Waals surface area contributed by atoms with E-state index in [0.29, 0.717) is 11.8 Å². The average molecular weight is 376 g/mol. The van der Waals surface area contributed by atoms with Crippen molar-refractivity contribution in [1.82, 2.24) is 9.55 Å². The van der Waals surface area contributed by atoms with Gasteiger partial charge in [0.2, 0.25) is 0 Å². The van der Waals surface area contributed by atoms with Gasteiger partial charge < -0.3 is 0 Å². The summed E-state index contributed by atoms with van der Waals surface area (Å²) in [5.41, 5.74) is 3.86. The van der Waals surface area contributed by atoms with Gasteiger partial charge in [0.05, 0.1) is 16.6 Å². The molecule has 0 unspecified atom stereocenters. The molecule has 1 heterocycles. The zero-order valence-corrected chi connectivity index (χ0v) is 16.2. The van der Waals surface area contributed by atoms with Gasteiger partial charge >= 0.3 is 0 Å². The lowest BCUT2D eigenvalue weighted by Crippen LogP contribution is -2.24. The molecule has 1 aromatic heterocycles. The van der Waals surface area contributed by atoms with Gasteiger partial charge in [0, 0.05) is 6.42 Å². The van der Waals surface area contributed by atoms with Crippen molar-refractivity contribution in [2.24, 2.45) is 0 Å². The summed E-state index contributed by atoms with van der Waals surface area (Å²) in [6.07, 6.45) is 0.579. The van der Waals surface area contributed by atoms with Gasteiger partial charge in [-0.05, 0) is 47.5 Å². The second kappa shape index (κ2) is 7.02. The number of benzene rings is 4. The fourth-order valence-corrected chi connectivity index (χ4v) is 3.87. The van der Waals surface area contributed by atoms with Crippen LogP contribution in [0.4, 0.5) is 0 Å². The molecule has 0 atom stereocenters. The number of hydrogen-bond acceptors (Lipinski definition) is 2. The first-order valence-electron chi connectivity index (χ1n) is 9.75. The molecule has 0 radical (unpaired) electrons. The molecule has 0 amide bonds. The molecule has 140 valence electrons. The molecule has 5 aromatic rings. The molecule has 5 rings (SSSR count). The number of para-hydroxylation sites is 1. The molecule has 4 aromatic carbocycles. The van der Waals surface area contributed by atoms with Crippen LogP contribution in [0.1, 0.15) is 17.0 Å². The van der Waals surface area contributed by atoms with E-state index >= 15 is 0 Å². The van der Waals surface area contributed by atoms with Crippen LogP contribution in [0.5, 0.6) is 0 Å². The van der Waals surface area contributed by atoms with Crippen LogP contribution in [0.2, 0.25) is 0 Å². The molecule has 0 aliphatic carbocycles. The molecule has 29 heavy (non-hydrogen) atoms. The smallest absolute Gasteiger partial charge is 0.265 e.